The van der Waals surface area contributed by atoms with Gasteiger partial charge in [-0.25, -0.2) is 0 Å². The summed E-state index contributed by atoms with van der Waals surface area (Å²) in [6.45, 7) is 0.632. The van der Waals surface area contributed by atoms with Gasteiger partial charge in [-0.1, -0.05) is 30.3 Å². The Morgan fingerprint density at radius 2 is 1.88 bits per heavy atom. The van der Waals surface area contributed by atoms with Crippen LogP contribution in [0.15, 0.2) is 48.5 Å². The number of ether oxygens (including phenoxy) is 2. The highest BCUT2D eigenvalue weighted by Crippen LogP contribution is 2.25. The molecule has 130 valence electrons. The van der Waals surface area contributed by atoms with Crippen molar-refractivity contribution in [3.8, 4) is 11.5 Å². The molecule has 4 nitrogen and oxygen atoms in total. The Hall–Kier alpha value is -2.25. The quantitative estimate of drug-likeness (QED) is 0.810. The number of rotatable bonds is 7. The summed E-state index contributed by atoms with van der Waals surface area (Å²) in [5, 5.41) is 13.2. The molecule has 0 amide bonds. The second-order valence-corrected chi connectivity index (χ2v) is 5.08. The highest BCUT2D eigenvalue weighted by atomic mass is 19.4. The number of alkyl halides is 3. The topological polar surface area (TPSA) is 50.7 Å². The number of aliphatic hydroxyl groups is 1. The third-order valence-corrected chi connectivity index (χ3v) is 3.32. The van der Waals surface area contributed by atoms with E-state index in [2.05, 4.69) is 10.1 Å². The van der Waals surface area contributed by atoms with Crippen molar-refractivity contribution in [1.29, 1.82) is 0 Å². The number of hydrogen-bond donors (Lipinski definition) is 2. The van der Waals surface area contributed by atoms with Crippen molar-refractivity contribution < 1.29 is 27.8 Å². The van der Waals surface area contributed by atoms with E-state index in [1.54, 1.807) is 13.2 Å². The SMILES string of the molecule is COc1ccccc1CNC[C@@H](O)c1cccc(OC(F)(F)F)c1. The van der Waals surface area contributed by atoms with Gasteiger partial charge in [-0.3, -0.25) is 0 Å². The minimum atomic E-state index is -4.76. The largest absolute Gasteiger partial charge is 0.573 e. The molecule has 1 atom stereocenters. The van der Waals surface area contributed by atoms with E-state index >= 15 is 0 Å². The standard InChI is InChI=1S/C17H18F3NO3/c1-23-16-8-3-2-5-13(16)10-21-11-15(22)12-6-4-7-14(9-12)24-17(18,19)20/h2-9,15,21-22H,10-11H2,1H3/t15-/m1/s1. The molecular formula is C17H18F3NO3. The van der Waals surface area contributed by atoms with E-state index < -0.39 is 12.5 Å². The number of benzene rings is 2. The van der Waals surface area contributed by atoms with Crippen molar-refractivity contribution in [1.82, 2.24) is 5.32 Å². The van der Waals surface area contributed by atoms with Crippen LogP contribution in [-0.4, -0.2) is 25.1 Å². The van der Waals surface area contributed by atoms with Crippen molar-refractivity contribution in [2.24, 2.45) is 0 Å². The Morgan fingerprint density at radius 1 is 1.12 bits per heavy atom. The van der Waals surface area contributed by atoms with Crippen LogP contribution in [0.2, 0.25) is 0 Å². The monoisotopic (exact) mass is 341 g/mol. The second-order valence-electron chi connectivity index (χ2n) is 5.08. The van der Waals surface area contributed by atoms with Crippen molar-refractivity contribution in [2.45, 2.75) is 19.0 Å². The molecule has 2 N–H and O–H groups in total. The molecule has 0 saturated carbocycles. The Morgan fingerprint density at radius 3 is 2.58 bits per heavy atom. The van der Waals surface area contributed by atoms with E-state index in [-0.39, 0.29) is 12.3 Å². The normalized spacial score (nSPS) is 12.7. The Bertz CT molecular complexity index is 662. The van der Waals surface area contributed by atoms with Gasteiger partial charge in [-0.2, -0.15) is 0 Å². The maximum Gasteiger partial charge on any atom is 0.573 e. The summed E-state index contributed by atoms with van der Waals surface area (Å²) in [7, 11) is 1.57. The highest BCUT2D eigenvalue weighted by Gasteiger charge is 2.31. The maximum absolute atomic E-state index is 12.2. The van der Waals surface area contributed by atoms with E-state index in [1.165, 1.54) is 18.2 Å². The predicted octanol–water partition coefficient (Wildman–Crippen LogP) is 3.42. The van der Waals surface area contributed by atoms with Gasteiger partial charge in [0.15, 0.2) is 0 Å². The van der Waals surface area contributed by atoms with E-state index in [0.29, 0.717) is 12.1 Å². The number of para-hydroxylation sites is 1. The molecule has 7 heteroatoms. The first-order valence-electron chi connectivity index (χ1n) is 7.25. The molecular weight excluding hydrogens is 323 g/mol. The summed E-state index contributed by atoms with van der Waals surface area (Å²) in [5.74, 6) is 0.365. The van der Waals surface area contributed by atoms with Gasteiger partial charge in [0.25, 0.3) is 0 Å². The highest BCUT2D eigenvalue weighted by molar-refractivity contribution is 5.33. The predicted molar refractivity (Wildman–Crippen MR) is 82.8 cm³/mol. The zero-order chi connectivity index (χ0) is 17.6. The van der Waals surface area contributed by atoms with Crippen LogP contribution >= 0.6 is 0 Å². The Labute approximate surface area is 137 Å². The zero-order valence-corrected chi connectivity index (χ0v) is 13.0. The van der Waals surface area contributed by atoms with Crippen LogP contribution in [0, 0.1) is 0 Å². The van der Waals surface area contributed by atoms with Crippen LogP contribution < -0.4 is 14.8 Å². The summed E-state index contributed by atoms with van der Waals surface area (Å²) >= 11 is 0. The lowest BCUT2D eigenvalue weighted by atomic mass is 10.1. The van der Waals surface area contributed by atoms with Gasteiger partial charge in [-0.05, 0) is 23.8 Å². The first kappa shape index (κ1) is 18.1. The molecule has 24 heavy (non-hydrogen) atoms. The second kappa shape index (κ2) is 8.03. The van der Waals surface area contributed by atoms with Gasteiger partial charge in [0, 0.05) is 18.7 Å². The summed E-state index contributed by atoms with van der Waals surface area (Å²) in [6, 6.07) is 12.7. The molecule has 2 aromatic carbocycles. The fourth-order valence-electron chi connectivity index (χ4n) is 2.23. The molecule has 0 bridgehead atoms. The molecule has 0 heterocycles. The van der Waals surface area contributed by atoms with Crippen molar-refractivity contribution in [3.63, 3.8) is 0 Å². The third kappa shape index (κ3) is 5.43. The first-order chi connectivity index (χ1) is 11.4. The third-order valence-electron chi connectivity index (χ3n) is 3.32. The average molecular weight is 341 g/mol. The van der Waals surface area contributed by atoms with Crippen LogP contribution in [0.5, 0.6) is 11.5 Å². The molecule has 0 aromatic heterocycles. The van der Waals surface area contributed by atoms with Crippen LogP contribution in [0.3, 0.4) is 0 Å². The number of halogens is 3. The molecule has 0 spiro atoms. The summed E-state index contributed by atoms with van der Waals surface area (Å²) in [5.41, 5.74) is 1.26. The number of hydrogen-bond acceptors (Lipinski definition) is 4. The molecule has 0 radical (unpaired) electrons. The van der Waals surface area contributed by atoms with Gasteiger partial charge in [0.1, 0.15) is 11.5 Å². The van der Waals surface area contributed by atoms with E-state index in [0.717, 1.165) is 11.3 Å². The van der Waals surface area contributed by atoms with Crippen LogP contribution in [-0.2, 0) is 6.54 Å². The number of nitrogens with one attached hydrogen (secondary N) is 1. The van der Waals surface area contributed by atoms with Crippen molar-refractivity contribution >= 4 is 0 Å². The fraction of sp³-hybridized carbons (Fsp3) is 0.294. The van der Waals surface area contributed by atoms with Gasteiger partial charge in [-0.15, -0.1) is 13.2 Å². The zero-order valence-electron chi connectivity index (χ0n) is 13.0. The lowest BCUT2D eigenvalue weighted by Crippen LogP contribution is -2.21. The molecule has 0 saturated heterocycles. The van der Waals surface area contributed by atoms with Crippen LogP contribution in [0.4, 0.5) is 13.2 Å². The lowest BCUT2D eigenvalue weighted by Gasteiger charge is -2.15. The Kier molecular flexibility index (Phi) is 6.05. The minimum absolute atomic E-state index is 0.174. The average Bonchev–Trinajstić information content (AvgIpc) is 2.54. The van der Waals surface area contributed by atoms with Gasteiger partial charge >= 0.3 is 6.36 Å². The van der Waals surface area contributed by atoms with Crippen molar-refractivity contribution in [2.75, 3.05) is 13.7 Å². The fourth-order valence-corrected chi connectivity index (χ4v) is 2.23. The molecule has 2 aromatic rings. The van der Waals surface area contributed by atoms with E-state index in [4.69, 9.17) is 4.74 Å². The summed E-state index contributed by atoms with van der Waals surface area (Å²) in [4.78, 5) is 0. The van der Waals surface area contributed by atoms with Crippen LogP contribution in [0.1, 0.15) is 17.2 Å². The number of aliphatic hydroxyl groups excluding tert-OH is 1. The summed E-state index contributed by atoms with van der Waals surface area (Å²) in [6.07, 6.45) is -5.72. The van der Waals surface area contributed by atoms with Gasteiger partial charge in [0.05, 0.1) is 13.2 Å². The van der Waals surface area contributed by atoms with Gasteiger partial charge < -0.3 is 19.9 Å². The smallest absolute Gasteiger partial charge is 0.496 e. The molecule has 0 fully saturated rings. The van der Waals surface area contributed by atoms with Gasteiger partial charge in [0.2, 0.25) is 0 Å². The minimum Gasteiger partial charge on any atom is -0.496 e. The molecule has 2 rings (SSSR count). The molecule has 0 aliphatic rings. The Balaban J connectivity index is 1.93. The van der Waals surface area contributed by atoms with E-state index in [9.17, 15) is 18.3 Å². The van der Waals surface area contributed by atoms with E-state index in [1.807, 2.05) is 24.3 Å². The molecule has 0 aliphatic carbocycles. The lowest BCUT2D eigenvalue weighted by molar-refractivity contribution is -0.274. The molecule has 0 unspecified atom stereocenters. The van der Waals surface area contributed by atoms with Crippen molar-refractivity contribution in [3.05, 3.63) is 59.7 Å². The number of methoxy groups -OCH3 is 1. The maximum atomic E-state index is 12.2. The van der Waals surface area contributed by atoms with Crippen LogP contribution in [0.25, 0.3) is 0 Å². The first-order valence-corrected chi connectivity index (χ1v) is 7.25. The molecule has 0 aliphatic heterocycles. The summed E-state index contributed by atoms with van der Waals surface area (Å²) < 4.78 is 45.8.